The lowest BCUT2D eigenvalue weighted by Crippen LogP contribution is -2.55. The largest absolute Gasteiger partial charge is 0.481 e. The fourth-order valence-electron chi connectivity index (χ4n) is 5.84. The van der Waals surface area contributed by atoms with Gasteiger partial charge in [0.15, 0.2) is 0 Å². The number of carbonyl (C=O) groups is 4. The van der Waals surface area contributed by atoms with Crippen LogP contribution in [-0.4, -0.2) is 122 Å². The normalized spacial score (nSPS) is 20.3. The quantitative estimate of drug-likeness (QED) is 0.294. The maximum absolute atomic E-state index is 13.5. The number of ether oxygens (including phenoxy) is 2. The van der Waals surface area contributed by atoms with Crippen LogP contribution in [0, 0.1) is 17.8 Å². The van der Waals surface area contributed by atoms with Crippen LogP contribution < -0.4 is 5.32 Å². The molecule has 2 N–H and O–H groups in total. The van der Waals surface area contributed by atoms with Crippen molar-refractivity contribution in [2.45, 2.75) is 90.6 Å². The van der Waals surface area contributed by atoms with Gasteiger partial charge < -0.3 is 29.7 Å². The van der Waals surface area contributed by atoms with E-state index in [1.807, 2.05) is 46.7 Å². The van der Waals surface area contributed by atoms with E-state index in [0.29, 0.717) is 13.0 Å². The highest BCUT2D eigenvalue weighted by molar-refractivity contribution is 5.87. The van der Waals surface area contributed by atoms with Crippen LogP contribution in [-0.2, 0) is 28.7 Å². The van der Waals surface area contributed by atoms with E-state index in [2.05, 4.69) is 5.32 Å². The predicted octanol–water partition coefficient (Wildman–Crippen LogP) is 1.69. The fraction of sp³-hybridized carbons (Fsp3) is 0.857. The first-order valence-corrected chi connectivity index (χ1v) is 14.0. The van der Waals surface area contributed by atoms with Crippen LogP contribution in [0.2, 0.25) is 0 Å². The van der Waals surface area contributed by atoms with Gasteiger partial charge >= 0.3 is 5.97 Å². The molecule has 0 saturated carbocycles. The highest BCUT2D eigenvalue weighted by atomic mass is 16.5. The zero-order chi connectivity index (χ0) is 30.0. The second kappa shape index (κ2) is 16.1. The van der Waals surface area contributed by atoms with Gasteiger partial charge in [-0.25, -0.2) is 0 Å². The van der Waals surface area contributed by atoms with Crippen LogP contribution in [0.15, 0.2) is 0 Å². The second-order valence-electron chi connectivity index (χ2n) is 11.4. The van der Waals surface area contributed by atoms with Gasteiger partial charge in [-0.15, -0.1) is 0 Å². The van der Waals surface area contributed by atoms with Crippen LogP contribution in [0.25, 0.3) is 0 Å². The smallest absolute Gasteiger partial charge is 0.308 e. The highest BCUT2D eigenvalue weighted by Gasteiger charge is 2.42. The zero-order valence-corrected chi connectivity index (χ0v) is 25.6. The highest BCUT2D eigenvalue weighted by Crippen LogP contribution is 2.29. The van der Waals surface area contributed by atoms with E-state index in [1.54, 1.807) is 23.8 Å². The number of aliphatic carboxylic acids is 1. The molecule has 1 saturated heterocycles. The minimum atomic E-state index is -0.967. The van der Waals surface area contributed by atoms with Crippen molar-refractivity contribution < 1.29 is 33.8 Å². The number of likely N-dealkylation sites (tertiary alicyclic amines) is 1. The van der Waals surface area contributed by atoms with E-state index >= 15 is 0 Å². The van der Waals surface area contributed by atoms with Crippen LogP contribution in [0.1, 0.15) is 60.3 Å². The van der Waals surface area contributed by atoms with Crippen molar-refractivity contribution >= 4 is 23.7 Å². The van der Waals surface area contributed by atoms with Crippen molar-refractivity contribution in [3.05, 3.63) is 0 Å². The average Bonchev–Trinajstić information content (AvgIpc) is 3.35. The Morgan fingerprint density at radius 2 is 1.67 bits per heavy atom. The fourth-order valence-corrected chi connectivity index (χ4v) is 5.84. The molecule has 0 aromatic heterocycles. The van der Waals surface area contributed by atoms with Crippen molar-refractivity contribution in [1.29, 1.82) is 0 Å². The molecule has 0 aromatic rings. The van der Waals surface area contributed by atoms with E-state index in [1.165, 1.54) is 14.2 Å². The molecule has 1 aliphatic rings. The van der Waals surface area contributed by atoms with E-state index in [4.69, 9.17) is 9.47 Å². The van der Waals surface area contributed by atoms with Gasteiger partial charge in [0, 0.05) is 27.8 Å². The summed E-state index contributed by atoms with van der Waals surface area (Å²) in [5.74, 6) is -2.26. The Hall–Kier alpha value is -2.24. The molecule has 0 radical (unpaired) electrons. The summed E-state index contributed by atoms with van der Waals surface area (Å²) in [6.07, 6.45) is 1.02. The van der Waals surface area contributed by atoms with Crippen LogP contribution in [0.3, 0.4) is 0 Å². The van der Waals surface area contributed by atoms with E-state index < -0.39 is 30.1 Å². The van der Waals surface area contributed by atoms with Gasteiger partial charge in [0.1, 0.15) is 0 Å². The summed E-state index contributed by atoms with van der Waals surface area (Å²) in [7, 11) is 8.35. The molecule has 39 heavy (non-hydrogen) atoms. The molecule has 3 amide bonds. The van der Waals surface area contributed by atoms with Crippen LogP contribution in [0.5, 0.6) is 0 Å². The molecule has 11 nitrogen and oxygen atoms in total. The number of carboxylic acid groups (broad SMARTS) is 1. The number of carbonyl (C=O) groups excluding carboxylic acids is 3. The molecule has 0 aromatic carbocycles. The standard InChI is InChI=1S/C28H52N4O7/c1-11-18(4)25(31(8)23(34)16-29-27(35)24(17(2)3)30(6)7)21(38-9)15-22(33)32-14-12-13-20(32)26(39-10)19(5)28(36)37/h17-21,24-26H,11-16H2,1-10H3,(H,29,35)(H,36,37). The lowest BCUT2D eigenvalue weighted by Gasteiger charge is -2.39. The molecule has 7 unspecified atom stereocenters. The maximum Gasteiger partial charge on any atom is 0.308 e. The molecule has 7 atom stereocenters. The number of amides is 3. The summed E-state index contributed by atoms with van der Waals surface area (Å²) >= 11 is 0. The van der Waals surface area contributed by atoms with Crippen LogP contribution >= 0.6 is 0 Å². The van der Waals surface area contributed by atoms with Crippen molar-refractivity contribution in [3.63, 3.8) is 0 Å². The molecule has 226 valence electrons. The van der Waals surface area contributed by atoms with E-state index in [9.17, 15) is 24.3 Å². The number of hydrogen-bond donors (Lipinski definition) is 2. The van der Waals surface area contributed by atoms with Gasteiger partial charge in [-0.3, -0.25) is 24.1 Å². The summed E-state index contributed by atoms with van der Waals surface area (Å²) in [5, 5.41) is 12.3. The topological polar surface area (TPSA) is 129 Å². The van der Waals surface area contributed by atoms with Crippen molar-refractivity contribution in [1.82, 2.24) is 20.0 Å². The summed E-state index contributed by atoms with van der Waals surface area (Å²) < 4.78 is 11.3. The van der Waals surface area contributed by atoms with Crippen molar-refractivity contribution in [2.75, 3.05) is 48.5 Å². The first-order valence-electron chi connectivity index (χ1n) is 14.0. The first-order chi connectivity index (χ1) is 18.2. The third-order valence-corrected chi connectivity index (χ3v) is 8.15. The Balaban J connectivity index is 3.04. The second-order valence-corrected chi connectivity index (χ2v) is 11.4. The first kappa shape index (κ1) is 34.8. The third kappa shape index (κ3) is 9.14. The summed E-state index contributed by atoms with van der Waals surface area (Å²) in [4.78, 5) is 56.3. The number of hydrogen-bond acceptors (Lipinski definition) is 7. The third-order valence-electron chi connectivity index (χ3n) is 8.15. The van der Waals surface area contributed by atoms with Crippen LogP contribution in [0.4, 0.5) is 0 Å². The zero-order valence-electron chi connectivity index (χ0n) is 25.6. The summed E-state index contributed by atoms with van der Waals surface area (Å²) in [6, 6.07) is -1.10. The number of nitrogens with zero attached hydrogens (tertiary/aromatic N) is 3. The molecular weight excluding hydrogens is 504 g/mol. The van der Waals surface area contributed by atoms with Gasteiger partial charge in [-0.05, 0) is 45.7 Å². The van der Waals surface area contributed by atoms with E-state index in [0.717, 1.165) is 12.8 Å². The number of methoxy groups -OCH3 is 2. The number of rotatable bonds is 16. The molecule has 1 aliphatic heterocycles. The predicted molar refractivity (Wildman–Crippen MR) is 149 cm³/mol. The summed E-state index contributed by atoms with van der Waals surface area (Å²) in [5.41, 5.74) is 0. The van der Waals surface area contributed by atoms with Gasteiger partial charge in [0.2, 0.25) is 17.7 Å². The van der Waals surface area contributed by atoms with Gasteiger partial charge in [0.25, 0.3) is 0 Å². The molecule has 1 rings (SSSR count). The monoisotopic (exact) mass is 556 g/mol. The van der Waals surface area contributed by atoms with Crippen molar-refractivity contribution in [2.24, 2.45) is 17.8 Å². The maximum atomic E-state index is 13.5. The van der Waals surface area contributed by atoms with Gasteiger partial charge in [-0.2, -0.15) is 0 Å². The molecule has 11 heteroatoms. The minimum absolute atomic E-state index is 0.0192. The minimum Gasteiger partial charge on any atom is -0.481 e. The summed E-state index contributed by atoms with van der Waals surface area (Å²) in [6.45, 7) is 9.90. The SMILES string of the molecule is CCC(C)C(C(CC(=O)N1CCCC1C(OC)C(C)C(=O)O)OC)N(C)C(=O)CNC(=O)C(C(C)C)N(C)C. The van der Waals surface area contributed by atoms with Gasteiger partial charge in [0.05, 0.1) is 49.2 Å². The Bertz CT molecular complexity index is 814. The van der Waals surface area contributed by atoms with Gasteiger partial charge in [-0.1, -0.05) is 34.1 Å². The van der Waals surface area contributed by atoms with E-state index in [-0.39, 0.29) is 54.6 Å². The lowest BCUT2D eigenvalue weighted by molar-refractivity contribution is -0.151. The number of carboxylic acids is 1. The molecule has 1 heterocycles. The molecule has 0 spiro atoms. The molecule has 1 fully saturated rings. The lowest BCUT2D eigenvalue weighted by atomic mass is 9.90. The Morgan fingerprint density at radius 1 is 1.05 bits per heavy atom. The molecular formula is C28H52N4O7. The van der Waals surface area contributed by atoms with Crippen molar-refractivity contribution in [3.8, 4) is 0 Å². The Labute approximate surface area is 234 Å². The number of nitrogens with one attached hydrogen (secondary N) is 1. The average molecular weight is 557 g/mol. The molecule has 0 bridgehead atoms. The Kier molecular flexibility index (Phi) is 14.4. The Morgan fingerprint density at radius 3 is 2.13 bits per heavy atom. The molecule has 0 aliphatic carbocycles. The number of likely N-dealkylation sites (N-methyl/N-ethyl adjacent to an activating group) is 2.